The van der Waals surface area contributed by atoms with Crippen LogP contribution in [0.5, 0.6) is 0 Å². The van der Waals surface area contributed by atoms with Crippen molar-refractivity contribution in [3.63, 3.8) is 0 Å². The highest BCUT2D eigenvalue weighted by Gasteiger charge is 2.17. The fraction of sp³-hybridized carbons (Fsp3) is 0.188. The van der Waals surface area contributed by atoms with Gasteiger partial charge in [0.05, 0.1) is 10.6 Å². The van der Waals surface area contributed by atoms with Gasteiger partial charge in [0.2, 0.25) is 0 Å². The lowest BCUT2D eigenvalue weighted by molar-refractivity contribution is 0.584. The van der Waals surface area contributed by atoms with E-state index in [4.69, 9.17) is 0 Å². The fourth-order valence-corrected chi connectivity index (χ4v) is 3.34. The number of nitrogens with one attached hydrogen (secondary N) is 1. The summed E-state index contributed by atoms with van der Waals surface area (Å²) in [7, 11) is -3.60. The van der Waals surface area contributed by atoms with Gasteiger partial charge in [0.25, 0.3) is 10.0 Å². The summed E-state index contributed by atoms with van der Waals surface area (Å²) < 4.78 is 24.3. The summed E-state index contributed by atoms with van der Waals surface area (Å²) in [6.45, 7) is 0. The molecule has 21 heavy (non-hydrogen) atoms. The largest absolute Gasteiger partial charge is 0.276 e. The Bertz CT molecular complexity index is 768. The number of hydrazone groups is 1. The highest BCUT2D eigenvalue weighted by molar-refractivity contribution is 7.89. The second kappa shape index (κ2) is 5.69. The molecule has 2 aromatic carbocycles. The number of hydrogen-bond acceptors (Lipinski definition) is 3. The van der Waals surface area contributed by atoms with Crippen LogP contribution in [0.15, 0.2) is 64.6 Å². The number of nitrogens with zero attached hydrogens (tertiary/aromatic N) is 1. The van der Waals surface area contributed by atoms with Crippen molar-refractivity contribution >= 4 is 15.7 Å². The van der Waals surface area contributed by atoms with Gasteiger partial charge >= 0.3 is 0 Å². The highest BCUT2D eigenvalue weighted by atomic mass is 32.2. The quantitative estimate of drug-likeness (QED) is 0.886. The third kappa shape index (κ3) is 2.97. The molecule has 0 aliphatic heterocycles. The molecule has 5 heteroatoms. The van der Waals surface area contributed by atoms with Gasteiger partial charge in [0.15, 0.2) is 0 Å². The molecule has 0 amide bonds. The lowest BCUT2D eigenvalue weighted by atomic mass is 9.90. The van der Waals surface area contributed by atoms with E-state index in [9.17, 15) is 8.42 Å². The average Bonchev–Trinajstić information content (AvgIpc) is 2.54. The van der Waals surface area contributed by atoms with E-state index in [1.165, 1.54) is 5.56 Å². The molecule has 0 heterocycles. The Morgan fingerprint density at radius 3 is 2.43 bits per heavy atom. The predicted molar refractivity (Wildman–Crippen MR) is 82.7 cm³/mol. The third-order valence-corrected chi connectivity index (χ3v) is 4.77. The normalized spacial score (nSPS) is 16.5. The molecule has 3 rings (SSSR count). The lowest BCUT2D eigenvalue weighted by Crippen LogP contribution is -2.22. The number of rotatable bonds is 3. The highest BCUT2D eigenvalue weighted by Crippen LogP contribution is 2.21. The van der Waals surface area contributed by atoms with E-state index in [-0.39, 0.29) is 4.90 Å². The van der Waals surface area contributed by atoms with Crippen molar-refractivity contribution in [2.24, 2.45) is 5.10 Å². The van der Waals surface area contributed by atoms with E-state index in [1.54, 1.807) is 30.3 Å². The second-order valence-electron chi connectivity index (χ2n) is 4.98. The molecular weight excluding hydrogens is 284 g/mol. The molecule has 0 unspecified atom stereocenters. The zero-order valence-electron chi connectivity index (χ0n) is 11.5. The summed E-state index contributed by atoms with van der Waals surface area (Å²) >= 11 is 0. The first-order valence-electron chi connectivity index (χ1n) is 6.88. The molecule has 0 bridgehead atoms. The zero-order chi connectivity index (χ0) is 14.7. The van der Waals surface area contributed by atoms with E-state index >= 15 is 0 Å². The fourth-order valence-electron chi connectivity index (χ4n) is 2.48. The first kappa shape index (κ1) is 13.8. The van der Waals surface area contributed by atoms with Crippen LogP contribution in [0.4, 0.5) is 0 Å². The molecular formula is C16H16N2O2S. The summed E-state index contributed by atoms with van der Waals surface area (Å²) in [6.07, 6.45) is 2.79. The minimum Gasteiger partial charge on any atom is -0.200 e. The van der Waals surface area contributed by atoms with Gasteiger partial charge in [-0.15, -0.1) is 0 Å². The van der Waals surface area contributed by atoms with Crippen molar-refractivity contribution in [1.82, 2.24) is 4.83 Å². The second-order valence-corrected chi connectivity index (χ2v) is 6.64. The summed E-state index contributed by atoms with van der Waals surface area (Å²) in [6, 6.07) is 16.3. The predicted octanol–water partition coefficient (Wildman–Crippen LogP) is 2.71. The van der Waals surface area contributed by atoms with E-state index in [0.29, 0.717) is 0 Å². The number of hydrogen-bond donors (Lipinski definition) is 1. The molecule has 0 spiro atoms. The van der Waals surface area contributed by atoms with Crippen molar-refractivity contribution in [1.29, 1.82) is 0 Å². The van der Waals surface area contributed by atoms with Gasteiger partial charge in [-0.05, 0) is 37.0 Å². The van der Waals surface area contributed by atoms with Crippen molar-refractivity contribution in [3.05, 3.63) is 65.7 Å². The summed E-state index contributed by atoms with van der Waals surface area (Å²) in [4.78, 5) is 2.57. The summed E-state index contributed by atoms with van der Waals surface area (Å²) in [5.41, 5.74) is 3.07. The Hall–Kier alpha value is -2.14. The number of aryl methyl sites for hydroxylation is 1. The third-order valence-electron chi connectivity index (χ3n) is 3.54. The molecule has 0 atom stereocenters. The Kier molecular flexibility index (Phi) is 3.75. The topological polar surface area (TPSA) is 58.5 Å². The monoisotopic (exact) mass is 300 g/mol. The molecule has 1 aliphatic carbocycles. The SMILES string of the molecule is O=S(=O)(N/N=C1\CCCc2ccccc21)c1ccccc1. The Labute approximate surface area is 124 Å². The van der Waals surface area contributed by atoms with E-state index in [1.807, 2.05) is 18.2 Å². The number of fused-ring (bicyclic) bond motifs is 1. The van der Waals surface area contributed by atoms with Crippen molar-refractivity contribution in [3.8, 4) is 0 Å². The van der Waals surface area contributed by atoms with Crippen LogP contribution in [0.2, 0.25) is 0 Å². The van der Waals surface area contributed by atoms with Crippen LogP contribution in [0.3, 0.4) is 0 Å². The van der Waals surface area contributed by atoms with Crippen LogP contribution < -0.4 is 4.83 Å². The van der Waals surface area contributed by atoms with Crippen LogP contribution in [0.1, 0.15) is 24.0 Å². The number of benzene rings is 2. The molecule has 0 fully saturated rings. The molecule has 0 aromatic heterocycles. The molecule has 108 valence electrons. The van der Waals surface area contributed by atoms with Gasteiger partial charge in [-0.1, -0.05) is 42.5 Å². The summed E-state index contributed by atoms with van der Waals surface area (Å²) in [5, 5.41) is 4.15. The van der Waals surface area contributed by atoms with Crippen LogP contribution in [0.25, 0.3) is 0 Å². The lowest BCUT2D eigenvalue weighted by Gasteiger charge is -2.17. The molecule has 1 aliphatic rings. The van der Waals surface area contributed by atoms with Crippen LogP contribution >= 0.6 is 0 Å². The van der Waals surface area contributed by atoms with Crippen molar-refractivity contribution in [2.75, 3.05) is 0 Å². The molecule has 1 N–H and O–H groups in total. The maximum Gasteiger partial charge on any atom is 0.276 e. The Balaban J connectivity index is 1.88. The average molecular weight is 300 g/mol. The first-order chi connectivity index (χ1) is 10.2. The van der Waals surface area contributed by atoms with E-state index < -0.39 is 10.0 Å². The zero-order valence-corrected chi connectivity index (χ0v) is 12.3. The standard InChI is InChI=1S/C16H16N2O2S/c19-21(20,14-9-2-1-3-10-14)18-17-16-12-6-8-13-7-4-5-11-15(13)16/h1-5,7,9-11,18H,6,8,12H2/b17-16+. The maximum atomic E-state index is 12.2. The molecule has 2 aromatic rings. The Morgan fingerprint density at radius 2 is 1.62 bits per heavy atom. The molecule has 0 saturated heterocycles. The van der Waals surface area contributed by atoms with Gasteiger partial charge in [0.1, 0.15) is 0 Å². The Morgan fingerprint density at radius 1 is 0.905 bits per heavy atom. The minimum absolute atomic E-state index is 0.221. The van der Waals surface area contributed by atoms with Crippen LogP contribution in [-0.4, -0.2) is 14.1 Å². The van der Waals surface area contributed by atoms with Crippen LogP contribution in [0, 0.1) is 0 Å². The van der Waals surface area contributed by atoms with Gasteiger partial charge in [-0.3, -0.25) is 0 Å². The molecule has 4 nitrogen and oxygen atoms in total. The van der Waals surface area contributed by atoms with Gasteiger partial charge in [0, 0.05) is 5.56 Å². The smallest absolute Gasteiger partial charge is 0.200 e. The number of sulfonamides is 1. The minimum atomic E-state index is -3.60. The van der Waals surface area contributed by atoms with Crippen LogP contribution in [-0.2, 0) is 16.4 Å². The van der Waals surface area contributed by atoms with Gasteiger partial charge < -0.3 is 0 Å². The summed E-state index contributed by atoms with van der Waals surface area (Å²) in [5.74, 6) is 0. The van der Waals surface area contributed by atoms with Gasteiger partial charge in [-0.25, -0.2) is 0 Å². The first-order valence-corrected chi connectivity index (χ1v) is 8.37. The van der Waals surface area contributed by atoms with E-state index in [0.717, 1.165) is 30.5 Å². The van der Waals surface area contributed by atoms with Gasteiger partial charge in [-0.2, -0.15) is 18.4 Å². The van der Waals surface area contributed by atoms with E-state index in [2.05, 4.69) is 16.0 Å². The molecule has 0 saturated carbocycles. The molecule has 0 radical (unpaired) electrons. The van der Waals surface area contributed by atoms with Crippen molar-refractivity contribution in [2.45, 2.75) is 24.2 Å². The van der Waals surface area contributed by atoms with Crippen molar-refractivity contribution < 1.29 is 8.42 Å². The maximum absolute atomic E-state index is 12.2.